The van der Waals surface area contributed by atoms with Gasteiger partial charge >= 0.3 is 0 Å². The predicted molar refractivity (Wildman–Crippen MR) is 83.5 cm³/mol. The van der Waals surface area contributed by atoms with Crippen LogP contribution in [0.25, 0.3) is 0 Å². The number of rotatable bonds is 7. The van der Waals surface area contributed by atoms with E-state index in [4.69, 9.17) is 0 Å². The molecule has 112 valence electrons. The SMILES string of the molecule is CC1CCN(CCCNCCC2CCCCC2)CC1. The van der Waals surface area contributed by atoms with Crippen molar-refractivity contribution in [3.8, 4) is 0 Å². The van der Waals surface area contributed by atoms with Crippen LogP contribution in [0.3, 0.4) is 0 Å². The average molecular weight is 266 g/mol. The van der Waals surface area contributed by atoms with Gasteiger partial charge in [0.15, 0.2) is 0 Å². The Hall–Kier alpha value is -0.0800. The third kappa shape index (κ3) is 6.27. The van der Waals surface area contributed by atoms with Gasteiger partial charge in [0.05, 0.1) is 0 Å². The van der Waals surface area contributed by atoms with Crippen molar-refractivity contribution in [2.45, 2.75) is 64.7 Å². The molecule has 2 aliphatic rings. The van der Waals surface area contributed by atoms with Crippen molar-refractivity contribution in [3.05, 3.63) is 0 Å². The molecule has 0 spiro atoms. The molecule has 1 saturated carbocycles. The minimum atomic E-state index is 0.963. The Morgan fingerprint density at radius 1 is 0.947 bits per heavy atom. The highest BCUT2D eigenvalue weighted by Gasteiger charge is 2.15. The first-order chi connectivity index (χ1) is 9.34. The summed E-state index contributed by atoms with van der Waals surface area (Å²) >= 11 is 0. The van der Waals surface area contributed by atoms with Crippen LogP contribution in [0.15, 0.2) is 0 Å². The number of nitrogens with zero attached hydrogens (tertiary/aromatic N) is 1. The van der Waals surface area contributed by atoms with E-state index >= 15 is 0 Å². The highest BCUT2D eigenvalue weighted by Crippen LogP contribution is 2.25. The Morgan fingerprint density at radius 3 is 2.42 bits per heavy atom. The van der Waals surface area contributed by atoms with E-state index in [-0.39, 0.29) is 0 Å². The maximum atomic E-state index is 3.65. The summed E-state index contributed by atoms with van der Waals surface area (Å²) in [6, 6.07) is 0. The molecule has 0 aromatic carbocycles. The first-order valence-electron chi connectivity index (χ1n) is 8.77. The van der Waals surface area contributed by atoms with Crippen LogP contribution >= 0.6 is 0 Å². The molecule has 0 atom stereocenters. The summed E-state index contributed by atoms with van der Waals surface area (Å²) in [6.07, 6.45) is 13.0. The summed E-state index contributed by atoms with van der Waals surface area (Å²) < 4.78 is 0. The third-order valence-corrected chi connectivity index (χ3v) is 5.16. The molecule has 0 aromatic rings. The zero-order valence-corrected chi connectivity index (χ0v) is 13.0. The predicted octanol–water partition coefficient (Wildman–Crippen LogP) is 3.67. The molecule has 0 amide bonds. The van der Waals surface area contributed by atoms with Crippen LogP contribution in [0.1, 0.15) is 64.7 Å². The summed E-state index contributed by atoms with van der Waals surface area (Å²) in [7, 11) is 0. The molecule has 1 saturated heterocycles. The van der Waals surface area contributed by atoms with Crippen LogP contribution in [-0.2, 0) is 0 Å². The molecular weight excluding hydrogens is 232 g/mol. The summed E-state index contributed by atoms with van der Waals surface area (Å²) in [6.45, 7) is 8.85. The van der Waals surface area contributed by atoms with Crippen molar-refractivity contribution >= 4 is 0 Å². The first kappa shape index (κ1) is 15.3. The van der Waals surface area contributed by atoms with E-state index in [1.807, 2.05) is 0 Å². The van der Waals surface area contributed by atoms with Gasteiger partial charge in [-0.1, -0.05) is 39.0 Å². The van der Waals surface area contributed by atoms with Gasteiger partial charge in [0.2, 0.25) is 0 Å². The molecule has 1 aliphatic heterocycles. The fraction of sp³-hybridized carbons (Fsp3) is 1.00. The molecule has 2 heteroatoms. The minimum absolute atomic E-state index is 0.963. The Balaban J connectivity index is 1.39. The molecule has 0 aromatic heterocycles. The van der Waals surface area contributed by atoms with Gasteiger partial charge in [0, 0.05) is 0 Å². The molecule has 2 nitrogen and oxygen atoms in total. The summed E-state index contributed by atoms with van der Waals surface area (Å²) in [5, 5.41) is 3.65. The molecule has 19 heavy (non-hydrogen) atoms. The minimum Gasteiger partial charge on any atom is -0.317 e. The van der Waals surface area contributed by atoms with E-state index in [1.54, 1.807) is 0 Å². The normalized spacial score (nSPS) is 23.8. The van der Waals surface area contributed by atoms with Crippen LogP contribution in [0.4, 0.5) is 0 Å². The second kappa shape index (κ2) is 8.97. The topological polar surface area (TPSA) is 15.3 Å². The van der Waals surface area contributed by atoms with Gasteiger partial charge in [-0.25, -0.2) is 0 Å². The molecule has 2 fully saturated rings. The average Bonchev–Trinajstić information content (AvgIpc) is 2.46. The quantitative estimate of drug-likeness (QED) is 0.707. The Kier molecular flexibility index (Phi) is 7.23. The van der Waals surface area contributed by atoms with Crippen molar-refractivity contribution in [2.75, 3.05) is 32.7 Å². The number of hydrogen-bond donors (Lipinski definition) is 1. The zero-order valence-electron chi connectivity index (χ0n) is 13.0. The van der Waals surface area contributed by atoms with Crippen molar-refractivity contribution in [1.29, 1.82) is 0 Å². The van der Waals surface area contributed by atoms with Crippen molar-refractivity contribution in [2.24, 2.45) is 11.8 Å². The van der Waals surface area contributed by atoms with E-state index in [0.717, 1.165) is 11.8 Å². The van der Waals surface area contributed by atoms with Crippen molar-refractivity contribution in [1.82, 2.24) is 10.2 Å². The van der Waals surface area contributed by atoms with Gasteiger partial charge in [-0.15, -0.1) is 0 Å². The smallest absolute Gasteiger partial charge is 0.000664 e. The van der Waals surface area contributed by atoms with Crippen LogP contribution in [-0.4, -0.2) is 37.6 Å². The molecule has 1 aliphatic carbocycles. The lowest BCUT2D eigenvalue weighted by Crippen LogP contribution is -2.35. The maximum Gasteiger partial charge on any atom is -0.000664 e. The van der Waals surface area contributed by atoms with Gasteiger partial charge in [0.1, 0.15) is 0 Å². The lowest BCUT2D eigenvalue weighted by atomic mass is 9.87. The van der Waals surface area contributed by atoms with Crippen LogP contribution in [0.5, 0.6) is 0 Å². The van der Waals surface area contributed by atoms with E-state index in [0.29, 0.717) is 0 Å². The molecule has 1 N–H and O–H groups in total. The van der Waals surface area contributed by atoms with E-state index in [1.165, 1.54) is 90.5 Å². The number of likely N-dealkylation sites (tertiary alicyclic amines) is 1. The lowest BCUT2D eigenvalue weighted by Gasteiger charge is -2.30. The van der Waals surface area contributed by atoms with E-state index in [9.17, 15) is 0 Å². The molecule has 0 bridgehead atoms. The van der Waals surface area contributed by atoms with Gasteiger partial charge in [-0.2, -0.15) is 0 Å². The van der Waals surface area contributed by atoms with Crippen molar-refractivity contribution < 1.29 is 0 Å². The van der Waals surface area contributed by atoms with Gasteiger partial charge < -0.3 is 10.2 Å². The van der Waals surface area contributed by atoms with Crippen LogP contribution in [0, 0.1) is 11.8 Å². The van der Waals surface area contributed by atoms with Gasteiger partial charge in [0.25, 0.3) is 0 Å². The summed E-state index contributed by atoms with van der Waals surface area (Å²) in [5.41, 5.74) is 0. The Bertz CT molecular complexity index is 215. The second-order valence-corrected chi connectivity index (χ2v) is 6.92. The zero-order chi connectivity index (χ0) is 13.3. The van der Waals surface area contributed by atoms with E-state index in [2.05, 4.69) is 17.1 Å². The first-order valence-corrected chi connectivity index (χ1v) is 8.77. The molecule has 0 unspecified atom stereocenters. The monoisotopic (exact) mass is 266 g/mol. The molecule has 1 heterocycles. The van der Waals surface area contributed by atoms with Gasteiger partial charge in [-0.3, -0.25) is 0 Å². The maximum absolute atomic E-state index is 3.65. The molecule has 2 rings (SSSR count). The standard InChI is InChI=1S/C17H34N2/c1-16-9-14-19(15-10-16)13-5-11-18-12-8-17-6-3-2-4-7-17/h16-18H,2-15H2,1H3. The Morgan fingerprint density at radius 2 is 1.68 bits per heavy atom. The van der Waals surface area contributed by atoms with Gasteiger partial charge in [-0.05, 0) is 70.2 Å². The van der Waals surface area contributed by atoms with Crippen molar-refractivity contribution in [3.63, 3.8) is 0 Å². The largest absolute Gasteiger partial charge is 0.317 e. The second-order valence-electron chi connectivity index (χ2n) is 6.92. The van der Waals surface area contributed by atoms with Crippen LogP contribution in [0.2, 0.25) is 0 Å². The highest BCUT2D eigenvalue weighted by molar-refractivity contribution is 4.70. The lowest BCUT2D eigenvalue weighted by molar-refractivity contribution is 0.190. The van der Waals surface area contributed by atoms with E-state index < -0.39 is 0 Å². The number of piperidine rings is 1. The fourth-order valence-corrected chi connectivity index (χ4v) is 3.62. The highest BCUT2D eigenvalue weighted by atomic mass is 15.1. The summed E-state index contributed by atoms with van der Waals surface area (Å²) in [4.78, 5) is 2.66. The number of nitrogens with one attached hydrogen (secondary N) is 1. The fourth-order valence-electron chi connectivity index (χ4n) is 3.62. The Labute approximate surface area is 120 Å². The number of hydrogen-bond acceptors (Lipinski definition) is 2. The molecule has 0 radical (unpaired) electrons. The van der Waals surface area contributed by atoms with Crippen LogP contribution < -0.4 is 5.32 Å². The third-order valence-electron chi connectivity index (χ3n) is 5.16. The summed E-state index contributed by atoms with van der Waals surface area (Å²) in [5.74, 6) is 2.00. The molecular formula is C17H34N2.